The largest absolute Gasteiger partial charge is 0.493 e. The number of rotatable bonds is 5. The Morgan fingerprint density at radius 2 is 1.68 bits per heavy atom. The van der Waals surface area contributed by atoms with Crippen LogP contribution in [0.4, 0.5) is 18.9 Å². The quantitative estimate of drug-likeness (QED) is 0.701. The Hall–Kier alpha value is -3.43. The minimum absolute atomic E-state index is 0.0560. The monoisotopic (exact) mass is 396 g/mol. The molecule has 0 saturated carbocycles. The number of oxazole rings is 1. The lowest BCUT2D eigenvalue weighted by Gasteiger charge is -2.12. The number of carbonyl (C=O) groups excluding carboxylic acids is 1. The highest BCUT2D eigenvalue weighted by molar-refractivity contribution is 5.96. The Kier molecular flexibility index (Phi) is 5.04. The standard InChI is InChI=1S/C18H15F3N2O5/c1-25-13-6-9(7-14(26-2)15(13)27-3)16-23-11-8-10(4-5-12(11)28-16)22-17(24)18(19,20)21/h4-8H,1-3H3,(H,22,24). The molecule has 0 aliphatic rings. The first kappa shape index (κ1) is 19.3. The van der Waals surface area contributed by atoms with Gasteiger partial charge in [-0.25, -0.2) is 4.98 Å². The second-order valence-electron chi connectivity index (χ2n) is 5.57. The maximum atomic E-state index is 12.4. The summed E-state index contributed by atoms with van der Waals surface area (Å²) < 4.78 is 58.7. The fourth-order valence-corrected chi connectivity index (χ4v) is 2.54. The first-order valence-electron chi connectivity index (χ1n) is 7.86. The van der Waals surface area contributed by atoms with Crippen LogP contribution in [-0.2, 0) is 4.79 Å². The molecule has 0 aliphatic heterocycles. The number of ether oxygens (including phenoxy) is 3. The van der Waals surface area contributed by atoms with Crippen molar-refractivity contribution >= 4 is 22.7 Å². The van der Waals surface area contributed by atoms with Crippen molar-refractivity contribution in [2.45, 2.75) is 6.18 Å². The number of hydrogen-bond acceptors (Lipinski definition) is 6. The number of halogens is 3. The number of carbonyl (C=O) groups is 1. The summed E-state index contributed by atoms with van der Waals surface area (Å²) >= 11 is 0. The van der Waals surface area contributed by atoms with E-state index < -0.39 is 12.1 Å². The highest BCUT2D eigenvalue weighted by Crippen LogP contribution is 2.41. The van der Waals surface area contributed by atoms with E-state index in [0.29, 0.717) is 28.4 Å². The summed E-state index contributed by atoms with van der Waals surface area (Å²) in [5, 5.41) is 1.77. The summed E-state index contributed by atoms with van der Waals surface area (Å²) in [5.74, 6) is -0.717. The maximum Gasteiger partial charge on any atom is 0.471 e. The highest BCUT2D eigenvalue weighted by Gasteiger charge is 2.38. The maximum absolute atomic E-state index is 12.4. The molecule has 148 valence electrons. The number of alkyl halides is 3. The van der Waals surface area contributed by atoms with E-state index in [0.717, 1.165) is 0 Å². The van der Waals surface area contributed by atoms with Gasteiger partial charge in [0.25, 0.3) is 0 Å². The van der Waals surface area contributed by atoms with Crippen LogP contribution in [0.2, 0.25) is 0 Å². The third-order valence-corrected chi connectivity index (χ3v) is 3.81. The summed E-state index contributed by atoms with van der Waals surface area (Å²) in [6.07, 6.45) is -4.99. The number of hydrogen-bond donors (Lipinski definition) is 1. The number of benzene rings is 2. The van der Waals surface area contributed by atoms with Gasteiger partial charge in [0.15, 0.2) is 17.1 Å². The number of amides is 1. The minimum atomic E-state index is -4.99. The molecule has 0 unspecified atom stereocenters. The number of fused-ring (bicyclic) bond motifs is 1. The molecule has 0 bridgehead atoms. The molecule has 1 N–H and O–H groups in total. The van der Waals surface area contributed by atoms with Gasteiger partial charge >= 0.3 is 12.1 Å². The predicted molar refractivity (Wildman–Crippen MR) is 93.8 cm³/mol. The molecule has 0 saturated heterocycles. The Morgan fingerprint density at radius 3 is 2.21 bits per heavy atom. The summed E-state index contributed by atoms with van der Waals surface area (Å²) in [4.78, 5) is 15.3. The van der Waals surface area contributed by atoms with E-state index in [1.165, 1.54) is 39.5 Å². The van der Waals surface area contributed by atoms with E-state index in [1.807, 2.05) is 0 Å². The molecule has 0 radical (unpaired) electrons. The van der Waals surface area contributed by atoms with Crippen molar-refractivity contribution in [3.05, 3.63) is 30.3 Å². The smallest absolute Gasteiger partial charge is 0.471 e. The summed E-state index contributed by atoms with van der Waals surface area (Å²) in [5.41, 5.74) is 1.05. The van der Waals surface area contributed by atoms with Gasteiger partial charge in [0.05, 0.1) is 21.3 Å². The van der Waals surface area contributed by atoms with Crippen LogP contribution in [0, 0.1) is 0 Å². The van der Waals surface area contributed by atoms with Crippen molar-refractivity contribution in [1.82, 2.24) is 4.98 Å². The van der Waals surface area contributed by atoms with Crippen LogP contribution in [0.25, 0.3) is 22.6 Å². The summed E-state index contributed by atoms with van der Waals surface area (Å²) in [6.45, 7) is 0. The van der Waals surface area contributed by atoms with Gasteiger partial charge in [-0.1, -0.05) is 0 Å². The first-order chi connectivity index (χ1) is 13.3. The van der Waals surface area contributed by atoms with Gasteiger partial charge in [-0.15, -0.1) is 0 Å². The van der Waals surface area contributed by atoms with E-state index >= 15 is 0 Å². The number of aromatic nitrogens is 1. The second kappa shape index (κ2) is 7.29. The van der Waals surface area contributed by atoms with E-state index in [9.17, 15) is 18.0 Å². The van der Waals surface area contributed by atoms with Gasteiger partial charge in [-0.05, 0) is 30.3 Å². The first-order valence-corrected chi connectivity index (χ1v) is 7.86. The Balaban J connectivity index is 2.00. The van der Waals surface area contributed by atoms with Crippen molar-refractivity contribution in [2.24, 2.45) is 0 Å². The molecule has 3 rings (SSSR count). The molecular weight excluding hydrogens is 381 g/mol. The fraction of sp³-hybridized carbons (Fsp3) is 0.222. The van der Waals surface area contributed by atoms with Crippen LogP contribution >= 0.6 is 0 Å². The Labute approximate surface area is 157 Å². The van der Waals surface area contributed by atoms with Crippen LogP contribution in [0.15, 0.2) is 34.7 Å². The zero-order valence-electron chi connectivity index (χ0n) is 15.0. The third-order valence-electron chi connectivity index (χ3n) is 3.81. The normalized spacial score (nSPS) is 11.4. The molecule has 0 aliphatic carbocycles. The zero-order valence-corrected chi connectivity index (χ0v) is 15.0. The minimum Gasteiger partial charge on any atom is -0.493 e. The van der Waals surface area contributed by atoms with Crippen molar-refractivity contribution in [2.75, 3.05) is 26.6 Å². The van der Waals surface area contributed by atoms with Gasteiger partial charge in [-0.3, -0.25) is 4.79 Å². The van der Waals surface area contributed by atoms with Crippen LogP contribution in [0.5, 0.6) is 17.2 Å². The number of anilines is 1. The Bertz CT molecular complexity index is 1000. The van der Waals surface area contributed by atoms with Crippen LogP contribution in [-0.4, -0.2) is 38.4 Å². The van der Waals surface area contributed by atoms with Gasteiger partial charge in [-0.2, -0.15) is 13.2 Å². The topological polar surface area (TPSA) is 82.8 Å². The summed E-state index contributed by atoms with van der Waals surface area (Å²) in [6, 6.07) is 7.23. The van der Waals surface area contributed by atoms with Crippen molar-refractivity contribution in [3.8, 4) is 28.7 Å². The van der Waals surface area contributed by atoms with Crippen LogP contribution < -0.4 is 19.5 Å². The molecule has 2 aromatic carbocycles. The van der Waals surface area contributed by atoms with E-state index in [4.69, 9.17) is 18.6 Å². The van der Waals surface area contributed by atoms with Gasteiger partial charge in [0.2, 0.25) is 11.6 Å². The summed E-state index contributed by atoms with van der Waals surface area (Å²) in [7, 11) is 4.39. The number of nitrogens with one attached hydrogen (secondary N) is 1. The van der Waals surface area contributed by atoms with Crippen LogP contribution in [0.3, 0.4) is 0 Å². The predicted octanol–water partition coefficient (Wildman–Crippen LogP) is 4.02. The zero-order chi connectivity index (χ0) is 20.5. The van der Waals surface area contributed by atoms with Gasteiger partial charge in [0.1, 0.15) is 5.52 Å². The molecule has 0 spiro atoms. The molecule has 0 atom stereocenters. The van der Waals surface area contributed by atoms with Crippen molar-refractivity contribution < 1.29 is 36.6 Å². The third kappa shape index (κ3) is 3.66. The molecule has 3 aromatic rings. The lowest BCUT2D eigenvalue weighted by molar-refractivity contribution is -0.167. The van der Waals surface area contributed by atoms with Crippen molar-refractivity contribution in [3.63, 3.8) is 0 Å². The molecule has 1 heterocycles. The van der Waals surface area contributed by atoms with Crippen LogP contribution in [0.1, 0.15) is 0 Å². The Morgan fingerprint density at radius 1 is 1.04 bits per heavy atom. The lowest BCUT2D eigenvalue weighted by Crippen LogP contribution is -2.29. The molecule has 1 aromatic heterocycles. The lowest BCUT2D eigenvalue weighted by atomic mass is 10.2. The van der Waals surface area contributed by atoms with Gasteiger partial charge in [0, 0.05) is 11.3 Å². The molecule has 0 fully saturated rings. The number of nitrogens with zero attached hydrogens (tertiary/aromatic N) is 1. The molecule has 28 heavy (non-hydrogen) atoms. The van der Waals surface area contributed by atoms with Gasteiger partial charge < -0.3 is 23.9 Å². The van der Waals surface area contributed by atoms with E-state index in [-0.39, 0.29) is 17.1 Å². The highest BCUT2D eigenvalue weighted by atomic mass is 19.4. The van der Waals surface area contributed by atoms with Crippen molar-refractivity contribution in [1.29, 1.82) is 0 Å². The van der Waals surface area contributed by atoms with E-state index in [1.54, 1.807) is 17.4 Å². The molecule has 7 nitrogen and oxygen atoms in total. The average Bonchev–Trinajstić information content (AvgIpc) is 3.09. The molecular formula is C18H15F3N2O5. The number of methoxy groups -OCH3 is 3. The molecule has 1 amide bonds. The van der Waals surface area contributed by atoms with E-state index in [2.05, 4.69) is 4.98 Å². The average molecular weight is 396 g/mol. The second-order valence-corrected chi connectivity index (χ2v) is 5.57. The SMILES string of the molecule is COc1cc(-c2nc3cc(NC(=O)C(F)(F)F)ccc3o2)cc(OC)c1OC. The fourth-order valence-electron chi connectivity index (χ4n) is 2.54. The molecule has 10 heteroatoms.